The quantitative estimate of drug-likeness (QED) is 0.835. The minimum atomic E-state index is -4.03. The second-order valence-electron chi connectivity index (χ2n) is 3.89. The van der Waals surface area contributed by atoms with Crippen molar-refractivity contribution in [3.05, 3.63) is 51.6 Å². The van der Waals surface area contributed by atoms with Crippen molar-refractivity contribution < 1.29 is 18.3 Å². The van der Waals surface area contributed by atoms with Gasteiger partial charge in [-0.1, -0.05) is 11.6 Å². The summed E-state index contributed by atoms with van der Waals surface area (Å²) in [7, 11) is -4.03. The van der Waals surface area contributed by atoms with Crippen LogP contribution in [-0.4, -0.2) is 24.5 Å². The summed E-state index contributed by atoms with van der Waals surface area (Å²) in [5.74, 6) is -1.26. The van der Waals surface area contributed by atoms with Crippen molar-refractivity contribution in [1.29, 1.82) is 0 Å². The Labute approximate surface area is 134 Å². The standard InChI is InChI=1S/C12H8BrClN2O4S/c13-8-4-3-7(12(17)18)6-10(8)21(19,20)16-11-9(14)2-1-5-15-11/h1-6H,(H,15,16)(H,17,18). The summed E-state index contributed by atoms with van der Waals surface area (Å²) >= 11 is 8.93. The molecule has 1 heterocycles. The number of carboxylic acids is 1. The molecule has 2 N–H and O–H groups in total. The van der Waals surface area contributed by atoms with Gasteiger partial charge in [-0.05, 0) is 46.3 Å². The van der Waals surface area contributed by atoms with E-state index >= 15 is 0 Å². The molecule has 2 rings (SSSR count). The molecular formula is C12H8BrClN2O4S. The van der Waals surface area contributed by atoms with E-state index in [2.05, 4.69) is 25.6 Å². The van der Waals surface area contributed by atoms with Crippen molar-refractivity contribution in [2.45, 2.75) is 4.90 Å². The second-order valence-corrected chi connectivity index (χ2v) is 6.80. The highest BCUT2D eigenvalue weighted by molar-refractivity contribution is 9.10. The van der Waals surface area contributed by atoms with Crippen LogP contribution in [0.15, 0.2) is 45.9 Å². The molecule has 110 valence electrons. The molecule has 0 fully saturated rings. The Morgan fingerprint density at radius 2 is 2.05 bits per heavy atom. The summed E-state index contributed by atoms with van der Waals surface area (Å²) in [5.41, 5.74) is -0.148. The number of benzene rings is 1. The smallest absolute Gasteiger partial charge is 0.335 e. The van der Waals surface area contributed by atoms with Crippen LogP contribution in [0.4, 0.5) is 5.82 Å². The van der Waals surface area contributed by atoms with Gasteiger partial charge in [-0.3, -0.25) is 4.72 Å². The van der Waals surface area contributed by atoms with E-state index in [9.17, 15) is 13.2 Å². The summed E-state index contributed by atoms with van der Waals surface area (Å²) < 4.78 is 27.1. The van der Waals surface area contributed by atoms with Crippen molar-refractivity contribution in [2.75, 3.05) is 4.72 Å². The number of hydrogen-bond acceptors (Lipinski definition) is 4. The molecule has 6 nitrogen and oxygen atoms in total. The summed E-state index contributed by atoms with van der Waals surface area (Å²) in [6.07, 6.45) is 1.38. The van der Waals surface area contributed by atoms with Gasteiger partial charge in [0, 0.05) is 10.7 Å². The van der Waals surface area contributed by atoms with Gasteiger partial charge in [-0.2, -0.15) is 0 Å². The lowest BCUT2D eigenvalue weighted by Crippen LogP contribution is -2.15. The Balaban J connectivity index is 2.47. The highest BCUT2D eigenvalue weighted by Crippen LogP contribution is 2.27. The van der Waals surface area contributed by atoms with Crippen LogP contribution in [-0.2, 0) is 10.0 Å². The van der Waals surface area contributed by atoms with Crippen LogP contribution in [0, 0.1) is 0 Å². The number of sulfonamides is 1. The monoisotopic (exact) mass is 390 g/mol. The summed E-state index contributed by atoms with van der Waals surface area (Å²) in [4.78, 5) is 14.5. The Hall–Kier alpha value is -1.64. The zero-order valence-electron chi connectivity index (χ0n) is 10.2. The molecule has 1 aromatic carbocycles. The van der Waals surface area contributed by atoms with E-state index in [0.29, 0.717) is 0 Å². The number of rotatable bonds is 4. The molecule has 0 spiro atoms. The van der Waals surface area contributed by atoms with E-state index in [-0.39, 0.29) is 25.8 Å². The number of nitrogens with zero attached hydrogens (tertiary/aromatic N) is 1. The molecule has 0 aliphatic carbocycles. The SMILES string of the molecule is O=C(O)c1ccc(Br)c(S(=O)(=O)Nc2ncccc2Cl)c1. The molecule has 0 unspecified atom stereocenters. The summed E-state index contributed by atoms with van der Waals surface area (Å²) in [6.45, 7) is 0. The third-order valence-corrected chi connectivity index (χ3v) is 5.10. The van der Waals surface area contributed by atoms with E-state index in [1.807, 2.05) is 0 Å². The molecular weight excluding hydrogens is 384 g/mol. The van der Waals surface area contributed by atoms with Crippen LogP contribution in [0.5, 0.6) is 0 Å². The largest absolute Gasteiger partial charge is 0.478 e. The maximum Gasteiger partial charge on any atom is 0.335 e. The third kappa shape index (κ3) is 3.52. The van der Waals surface area contributed by atoms with Crippen molar-refractivity contribution >= 4 is 49.3 Å². The van der Waals surface area contributed by atoms with E-state index in [1.54, 1.807) is 6.07 Å². The first-order valence-corrected chi connectivity index (χ1v) is 8.13. The number of hydrogen-bond donors (Lipinski definition) is 2. The molecule has 0 radical (unpaired) electrons. The van der Waals surface area contributed by atoms with E-state index in [4.69, 9.17) is 16.7 Å². The van der Waals surface area contributed by atoms with Crippen molar-refractivity contribution in [1.82, 2.24) is 4.98 Å². The van der Waals surface area contributed by atoms with Gasteiger partial charge in [0.05, 0.1) is 10.6 Å². The minimum Gasteiger partial charge on any atom is -0.478 e. The zero-order valence-corrected chi connectivity index (χ0v) is 13.4. The molecule has 0 bridgehead atoms. The Morgan fingerprint density at radius 3 is 2.67 bits per heavy atom. The van der Waals surface area contributed by atoms with Crippen LogP contribution in [0.25, 0.3) is 0 Å². The third-order valence-electron chi connectivity index (χ3n) is 2.46. The number of carbonyl (C=O) groups is 1. The maximum atomic E-state index is 12.3. The van der Waals surface area contributed by atoms with Crippen molar-refractivity contribution in [2.24, 2.45) is 0 Å². The molecule has 1 aromatic heterocycles. The number of aromatic carboxylic acids is 1. The van der Waals surface area contributed by atoms with Gasteiger partial charge in [-0.15, -0.1) is 0 Å². The van der Waals surface area contributed by atoms with Gasteiger partial charge >= 0.3 is 5.97 Å². The molecule has 21 heavy (non-hydrogen) atoms. The van der Waals surface area contributed by atoms with Gasteiger partial charge in [0.1, 0.15) is 4.90 Å². The molecule has 0 amide bonds. The van der Waals surface area contributed by atoms with Gasteiger partial charge in [0.2, 0.25) is 0 Å². The van der Waals surface area contributed by atoms with Gasteiger partial charge in [-0.25, -0.2) is 18.2 Å². The number of carboxylic acid groups (broad SMARTS) is 1. The predicted octanol–water partition coefficient (Wildman–Crippen LogP) is 3.00. The molecule has 2 aromatic rings. The average Bonchev–Trinajstić information content (AvgIpc) is 2.41. The van der Waals surface area contributed by atoms with Crippen LogP contribution >= 0.6 is 27.5 Å². The first-order valence-electron chi connectivity index (χ1n) is 5.47. The average molecular weight is 392 g/mol. The lowest BCUT2D eigenvalue weighted by Gasteiger charge is -2.10. The minimum absolute atomic E-state index is 0.0354. The van der Waals surface area contributed by atoms with Crippen LogP contribution < -0.4 is 4.72 Å². The fourth-order valence-corrected chi connectivity index (χ4v) is 3.73. The fraction of sp³-hybridized carbons (Fsp3) is 0. The summed E-state index contributed by atoms with van der Waals surface area (Å²) in [6, 6.07) is 6.72. The fourth-order valence-electron chi connectivity index (χ4n) is 1.49. The Bertz CT molecular complexity index is 811. The summed E-state index contributed by atoms with van der Waals surface area (Å²) in [5, 5.41) is 9.07. The lowest BCUT2D eigenvalue weighted by molar-refractivity contribution is 0.0696. The second kappa shape index (κ2) is 6.00. The van der Waals surface area contributed by atoms with Crippen LogP contribution in [0.3, 0.4) is 0 Å². The molecule has 0 aliphatic heterocycles. The number of aromatic nitrogens is 1. The number of halogens is 2. The van der Waals surface area contributed by atoms with Crippen molar-refractivity contribution in [3.63, 3.8) is 0 Å². The van der Waals surface area contributed by atoms with Crippen molar-refractivity contribution in [3.8, 4) is 0 Å². The maximum absolute atomic E-state index is 12.3. The lowest BCUT2D eigenvalue weighted by atomic mass is 10.2. The van der Waals surface area contributed by atoms with E-state index < -0.39 is 16.0 Å². The highest BCUT2D eigenvalue weighted by atomic mass is 79.9. The van der Waals surface area contributed by atoms with Gasteiger partial charge < -0.3 is 5.11 Å². The van der Waals surface area contributed by atoms with Crippen LogP contribution in [0.1, 0.15) is 10.4 Å². The number of anilines is 1. The number of nitrogens with one attached hydrogen (secondary N) is 1. The molecule has 0 saturated carbocycles. The predicted molar refractivity (Wildman–Crippen MR) is 81.2 cm³/mol. The molecule has 0 aliphatic rings. The zero-order chi connectivity index (χ0) is 15.6. The normalized spacial score (nSPS) is 11.1. The van der Waals surface area contributed by atoms with Gasteiger partial charge in [0.25, 0.3) is 10.0 Å². The first kappa shape index (κ1) is 15.7. The molecule has 0 saturated heterocycles. The van der Waals surface area contributed by atoms with E-state index in [1.165, 1.54) is 24.4 Å². The Morgan fingerprint density at radius 1 is 1.33 bits per heavy atom. The highest BCUT2D eigenvalue weighted by Gasteiger charge is 2.21. The number of pyridine rings is 1. The van der Waals surface area contributed by atoms with E-state index in [0.717, 1.165) is 6.07 Å². The van der Waals surface area contributed by atoms with Gasteiger partial charge in [0.15, 0.2) is 5.82 Å². The molecule has 0 atom stereocenters. The molecule has 9 heteroatoms. The van der Waals surface area contributed by atoms with Crippen LogP contribution in [0.2, 0.25) is 5.02 Å². The first-order chi connectivity index (χ1) is 9.81. The Kier molecular flexibility index (Phi) is 4.50. The topological polar surface area (TPSA) is 96.4 Å².